The number of hydrogen-bond donors (Lipinski definition) is 1. The van der Waals surface area contributed by atoms with Crippen LogP contribution in [0.1, 0.15) is 26.5 Å². The molecule has 5 aromatic rings. The van der Waals surface area contributed by atoms with Gasteiger partial charge in [0.25, 0.3) is 5.91 Å². The van der Waals surface area contributed by atoms with Gasteiger partial charge in [0.1, 0.15) is 5.82 Å². The molecule has 0 aliphatic heterocycles. The van der Waals surface area contributed by atoms with Gasteiger partial charge in [-0.25, -0.2) is 9.97 Å². The Bertz CT molecular complexity index is 1480. The normalized spacial score (nSPS) is 11.1. The van der Waals surface area contributed by atoms with E-state index in [-0.39, 0.29) is 17.4 Å². The SMILES string of the molecule is Cc1nc2c3ccccc3nc(SCC(=O)c3ccc(NC(=O)c4ccccc4)cc3)n2n1. The second-order valence-corrected chi connectivity index (χ2v) is 8.36. The predicted octanol–water partition coefficient (Wildman–Crippen LogP) is 4.81. The fourth-order valence-corrected chi connectivity index (χ4v) is 4.31. The van der Waals surface area contributed by atoms with Crippen LogP contribution in [0.5, 0.6) is 0 Å². The number of Topliss-reactive ketones (excluding diaryl/α,β-unsaturated/α-hetero) is 1. The number of nitrogens with zero attached hydrogens (tertiary/aromatic N) is 4. The van der Waals surface area contributed by atoms with E-state index in [2.05, 4.69) is 20.4 Å². The zero-order valence-corrected chi connectivity index (χ0v) is 18.5. The van der Waals surface area contributed by atoms with Crippen LogP contribution >= 0.6 is 11.8 Å². The summed E-state index contributed by atoms with van der Waals surface area (Å²) >= 11 is 1.32. The van der Waals surface area contributed by atoms with E-state index in [1.54, 1.807) is 40.9 Å². The minimum absolute atomic E-state index is 0.0409. The van der Waals surface area contributed by atoms with E-state index in [1.807, 2.05) is 49.4 Å². The lowest BCUT2D eigenvalue weighted by Crippen LogP contribution is -2.12. The van der Waals surface area contributed by atoms with Crippen LogP contribution in [-0.2, 0) is 0 Å². The maximum absolute atomic E-state index is 12.8. The van der Waals surface area contributed by atoms with Gasteiger partial charge in [0.05, 0.1) is 11.3 Å². The number of carbonyl (C=O) groups is 2. The summed E-state index contributed by atoms with van der Waals surface area (Å²) < 4.78 is 1.69. The summed E-state index contributed by atoms with van der Waals surface area (Å²) in [7, 11) is 0. The number of thioether (sulfide) groups is 1. The number of amides is 1. The van der Waals surface area contributed by atoms with Gasteiger partial charge in [-0.2, -0.15) is 4.52 Å². The van der Waals surface area contributed by atoms with E-state index in [1.165, 1.54) is 11.8 Å². The van der Waals surface area contributed by atoms with Crippen LogP contribution < -0.4 is 5.32 Å². The Morgan fingerprint density at radius 1 is 0.879 bits per heavy atom. The highest BCUT2D eigenvalue weighted by Crippen LogP contribution is 2.24. The van der Waals surface area contributed by atoms with Crippen molar-refractivity contribution in [1.29, 1.82) is 0 Å². The van der Waals surface area contributed by atoms with Crippen LogP contribution in [0.4, 0.5) is 5.69 Å². The molecule has 0 unspecified atom stereocenters. The van der Waals surface area contributed by atoms with E-state index in [9.17, 15) is 9.59 Å². The zero-order chi connectivity index (χ0) is 22.8. The van der Waals surface area contributed by atoms with Gasteiger partial charge < -0.3 is 5.32 Å². The first-order valence-corrected chi connectivity index (χ1v) is 11.3. The number of para-hydroxylation sites is 1. The molecule has 5 rings (SSSR count). The Hall–Kier alpha value is -4.04. The van der Waals surface area contributed by atoms with Gasteiger partial charge in [-0.05, 0) is 55.5 Å². The van der Waals surface area contributed by atoms with Gasteiger partial charge in [-0.1, -0.05) is 42.1 Å². The smallest absolute Gasteiger partial charge is 0.255 e. The van der Waals surface area contributed by atoms with Crippen LogP contribution in [0, 0.1) is 6.92 Å². The summed E-state index contributed by atoms with van der Waals surface area (Å²) in [5.74, 6) is 0.616. The van der Waals surface area contributed by atoms with Gasteiger partial charge in [0.15, 0.2) is 16.6 Å². The molecule has 162 valence electrons. The van der Waals surface area contributed by atoms with Gasteiger partial charge in [0, 0.05) is 22.2 Å². The number of rotatable bonds is 6. The molecule has 8 heteroatoms. The summed E-state index contributed by atoms with van der Waals surface area (Å²) in [6.07, 6.45) is 0. The van der Waals surface area contributed by atoms with Gasteiger partial charge in [-0.15, -0.1) is 5.10 Å². The van der Waals surface area contributed by atoms with Crippen LogP contribution in [0.3, 0.4) is 0 Å². The van der Waals surface area contributed by atoms with Crippen molar-refractivity contribution in [2.24, 2.45) is 0 Å². The number of nitrogens with one attached hydrogen (secondary N) is 1. The topological polar surface area (TPSA) is 89.2 Å². The van der Waals surface area contributed by atoms with Crippen molar-refractivity contribution >= 4 is 45.7 Å². The third-order valence-corrected chi connectivity index (χ3v) is 6.02. The molecule has 0 radical (unpaired) electrons. The first kappa shape index (κ1) is 20.8. The van der Waals surface area contributed by atoms with Crippen LogP contribution in [0.25, 0.3) is 16.6 Å². The fraction of sp³-hybridized carbons (Fsp3) is 0.0800. The van der Waals surface area contributed by atoms with Gasteiger partial charge in [0.2, 0.25) is 0 Å². The second kappa shape index (κ2) is 8.84. The molecule has 1 amide bonds. The van der Waals surface area contributed by atoms with E-state index < -0.39 is 0 Å². The Morgan fingerprint density at radius 2 is 1.61 bits per heavy atom. The quantitative estimate of drug-likeness (QED) is 0.225. The standard InChI is InChI=1S/C25H19N5O2S/c1-16-26-23-20-9-5-6-10-21(20)28-25(30(23)29-16)33-15-22(31)17-11-13-19(14-12-17)27-24(32)18-7-3-2-4-8-18/h2-14H,15H2,1H3,(H,27,32). The van der Waals surface area contributed by atoms with Crippen molar-refractivity contribution in [2.45, 2.75) is 12.1 Å². The molecule has 1 N–H and O–H groups in total. The lowest BCUT2D eigenvalue weighted by molar-refractivity contribution is 0.101. The highest BCUT2D eigenvalue weighted by atomic mass is 32.2. The highest BCUT2D eigenvalue weighted by Gasteiger charge is 2.15. The molecule has 0 saturated heterocycles. The van der Waals surface area contributed by atoms with E-state index >= 15 is 0 Å². The largest absolute Gasteiger partial charge is 0.322 e. The maximum atomic E-state index is 12.8. The third-order valence-electron chi connectivity index (χ3n) is 5.09. The first-order valence-electron chi connectivity index (χ1n) is 10.3. The number of aromatic nitrogens is 4. The molecular formula is C25H19N5O2S. The number of benzene rings is 3. The Balaban J connectivity index is 1.30. The molecule has 2 aromatic heterocycles. The lowest BCUT2D eigenvalue weighted by Gasteiger charge is -2.07. The Kier molecular flexibility index (Phi) is 5.58. The molecule has 0 bridgehead atoms. The lowest BCUT2D eigenvalue weighted by atomic mass is 10.1. The molecule has 3 aromatic carbocycles. The number of hydrogen-bond acceptors (Lipinski definition) is 6. The van der Waals surface area contributed by atoms with Crippen LogP contribution in [0.15, 0.2) is 84.0 Å². The minimum atomic E-state index is -0.195. The van der Waals surface area contributed by atoms with E-state index in [0.717, 1.165) is 16.6 Å². The van der Waals surface area contributed by atoms with Crippen molar-refractivity contribution in [1.82, 2.24) is 19.6 Å². The number of carbonyl (C=O) groups excluding carboxylic acids is 2. The van der Waals surface area contributed by atoms with Crippen molar-refractivity contribution in [2.75, 3.05) is 11.1 Å². The molecule has 0 saturated carbocycles. The van der Waals surface area contributed by atoms with Crippen LogP contribution in [-0.4, -0.2) is 37.0 Å². The summed E-state index contributed by atoms with van der Waals surface area (Å²) in [5, 5.41) is 8.82. The monoisotopic (exact) mass is 453 g/mol. The van der Waals surface area contributed by atoms with Crippen molar-refractivity contribution in [3.63, 3.8) is 0 Å². The molecular weight excluding hydrogens is 434 g/mol. The fourth-order valence-electron chi connectivity index (χ4n) is 3.47. The average Bonchev–Trinajstić information content (AvgIpc) is 3.25. The summed E-state index contributed by atoms with van der Waals surface area (Å²) in [4.78, 5) is 34.3. The molecule has 0 fully saturated rings. The molecule has 0 spiro atoms. The number of fused-ring (bicyclic) bond motifs is 3. The van der Waals surface area contributed by atoms with Crippen molar-refractivity contribution in [3.05, 3.63) is 95.8 Å². The third kappa shape index (κ3) is 4.33. The van der Waals surface area contributed by atoms with E-state index in [4.69, 9.17) is 0 Å². The number of aryl methyl sites for hydroxylation is 1. The highest BCUT2D eigenvalue weighted by molar-refractivity contribution is 7.99. The minimum Gasteiger partial charge on any atom is -0.322 e. The van der Waals surface area contributed by atoms with Gasteiger partial charge >= 0.3 is 0 Å². The predicted molar refractivity (Wildman–Crippen MR) is 129 cm³/mol. The molecule has 33 heavy (non-hydrogen) atoms. The van der Waals surface area contributed by atoms with E-state index in [0.29, 0.717) is 27.8 Å². The molecule has 7 nitrogen and oxygen atoms in total. The van der Waals surface area contributed by atoms with Crippen molar-refractivity contribution in [3.8, 4) is 0 Å². The van der Waals surface area contributed by atoms with Crippen LogP contribution in [0.2, 0.25) is 0 Å². The Morgan fingerprint density at radius 3 is 2.39 bits per heavy atom. The second-order valence-electron chi connectivity index (χ2n) is 7.42. The van der Waals surface area contributed by atoms with Crippen molar-refractivity contribution < 1.29 is 9.59 Å². The summed E-state index contributed by atoms with van der Waals surface area (Å²) in [6, 6.07) is 23.6. The summed E-state index contributed by atoms with van der Waals surface area (Å²) in [5.41, 5.74) is 3.31. The number of ketones is 1. The Labute approximate surface area is 193 Å². The molecule has 0 aliphatic carbocycles. The summed E-state index contributed by atoms with van der Waals surface area (Å²) in [6.45, 7) is 1.83. The zero-order valence-electron chi connectivity index (χ0n) is 17.7. The van der Waals surface area contributed by atoms with Gasteiger partial charge in [-0.3, -0.25) is 9.59 Å². The number of anilines is 1. The maximum Gasteiger partial charge on any atom is 0.255 e. The average molecular weight is 454 g/mol. The molecule has 0 atom stereocenters. The first-order chi connectivity index (χ1) is 16.1. The molecule has 0 aliphatic rings. The molecule has 2 heterocycles.